The van der Waals surface area contributed by atoms with Gasteiger partial charge < -0.3 is 13.7 Å². The van der Waals surface area contributed by atoms with Crippen LogP contribution in [-0.4, -0.2) is 46.1 Å². The van der Waals surface area contributed by atoms with E-state index in [1.165, 1.54) is 0 Å². The summed E-state index contributed by atoms with van der Waals surface area (Å²) in [5.74, 6) is 0.527. The van der Waals surface area contributed by atoms with E-state index >= 15 is 0 Å². The maximum Gasteiger partial charge on any atom is 0.200 e. The lowest BCUT2D eigenvalue weighted by Crippen LogP contribution is -2.48. The molecule has 3 atom stereocenters. The van der Waals surface area contributed by atoms with E-state index in [2.05, 4.69) is 111 Å². The first-order valence-corrected chi connectivity index (χ1v) is 21.5. The molecule has 0 saturated carbocycles. The van der Waals surface area contributed by atoms with Gasteiger partial charge in [0, 0.05) is 18.4 Å². The number of nitrogens with zero attached hydrogens (tertiary/aromatic N) is 2. The number of allylic oxidation sites excluding steroid dienone is 1. The highest BCUT2D eigenvalue weighted by atomic mass is 32.1. The zero-order chi connectivity index (χ0) is 30.5. The number of rotatable bonds is 15. The first-order valence-electron chi connectivity index (χ1n) is 15.6. The van der Waals surface area contributed by atoms with Crippen molar-refractivity contribution in [2.45, 2.75) is 156 Å². The van der Waals surface area contributed by atoms with Crippen molar-refractivity contribution >= 4 is 39.8 Å². The molecule has 0 unspecified atom stereocenters. The molecule has 8 heteroatoms. The number of aromatic nitrogens is 1. The molecule has 0 spiro atoms. The number of aryl methyl sites for hydroxylation is 1. The highest BCUT2D eigenvalue weighted by Gasteiger charge is 2.45. The molecule has 0 aliphatic carbocycles. The first-order chi connectivity index (χ1) is 18.4. The van der Waals surface area contributed by atoms with Gasteiger partial charge in [-0.25, -0.2) is 4.98 Å². The first kappa shape index (κ1) is 35.4. The van der Waals surface area contributed by atoms with Crippen molar-refractivity contribution in [3.8, 4) is 0 Å². The van der Waals surface area contributed by atoms with E-state index in [0.29, 0.717) is 22.5 Å². The lowest BCUT2D eigenvalue weighted by atomic mass is 9.97. The van der Waals surface area contributed by atoms with Gasteiger partial charge in [0.25, 0.3) is 0 Å². The lowest BCUT2D eigenvalue weighted by Gasteiger charge is -2.43. The third-order valence-corrected chi connectivity index (χ3v) is 20.7. The zero-order valence-electron chi connectivity index (χ0n) is 28.2. The second-order valence-corrected chi connectivity index (χ2v) is 25.9. The Kier molecular flexibility index (Phi) is 12.9. The molecule has 2 heterocycles. The molecule has 0 saturated heterocycles. The van der Waals surface area contributed by atoms with Crippen LogP contribution in [0.2, 0.25) is 34.8 Å². The third kappa shape index (κ3) is 9.09. The summed E-state index contributed by atoms with van der Waals surface area (Å²) in [5.41, 5.74) is 4.99. The van der Waals surface area contributed by atoms with Gasteiger partial charge in [0.1, 0.15) is 0 Å². The fraction of sp³-hybridized carbons (Fsp3) is 0.812. The summed E-state index contributed by atoms with van der Waals surface area (Å²) < 4.78 is 13.9. The summed E-state index contributed by atoms with van der Waals surface area (Å²) in [5, 5.41) is 7.84. The van der Waals surface area contributed by atoms with Crippen molar-refractivity contribution in [2.75, 3.05) is 6.61 Å². The van der Waals surface area contributed by atoms with Gasteiger partial charge in [0.2, 0.25) is 0 Å². The summed E-state index contributed by atoms with van der Waals surface area (Å²) in [7, 11) is -3.81. The van der Waals surface area contributed by atoms with Gasteiger partial charge in [-0.1, -0.05) is 80.8 Å². The van der Waals surface area contributed by atoms with Crippen molar-refractivity contribution in [1.29, 1.82) is 0 Å². The van der Waals surface area contributed by atoms with Crippen LogP contribution in [0.25, 0.3) is 6.08 Å². The fourth-order valence-corrected chi connectivity index (χ4v) is 13.5. The molecule has 0 fully saturated rings. The van der Waals surface area contributed by atoms with Gasteiger partial charge in [-0.05, 0) is 79.0 Å². The molecule has 0 radical (unpaired) electrons. The smallest absolute Gasteiger partial charge is 0.200 e. The molecule has 40 heavy (non-hydrogen) atoms. The van der Waals surface area contributed by atoms with Crippen LogP contribution in [-0.2, 0) is 13.7 Å². The Labute approximate surface area is 252 Å². The highest BCUT2D eigenvalue weighted by Crippen LogP contribution is 2.43. The topological polar surface area (TPSA) is 52.9 Å². The second kappa shape index (κ2) is 14.6. The molecular formula is C32H60N2O3SSi2. The van der Waals surface area contributed by atoms with E-state index in [4.69, 9.17) is 13.7 Å². The molecule has 1 aliphatic rings. The quantitative estimate of drug-likeness (QED) is 0.186. The maximum atomic E-state index is 7.01. The molecule has 0 aromatic carbocycles. The molecule has 2 rings (SSSR count). The van der Waals surface area contributed by atoms with Gasteiger partial charge in [-0.2, -0.15) is 0 Å². The summed E-state index contributed by atoms with van der Waals surface area (Å²) in [4.78, 5) is 10.7. The van der Waals surface area contributed by atoms with E-state index < -0.39 is 16.6 Å². The van der Waals surface area contributed by atoms with E-state index in [0.717, 1.165) is 54.3 Å². The van der Waals surface area contributed by atoms with Crippen LogP contribution in [0, 0.1) is 12.8 Å². The van der Waals surface area contributed by atoms with Gasteiger partial charge in [0.05, 0.1) is 22.5 Å². The number of thiazole rings is 1. The molecule has 0 bridgehead atoms. The number of oxime groups is 1. The van der Waals surface area contributed by atoms with Gasteiger partial charge >= 0.3 is 0 Å². The Hall–Kier alpha value is -0.806. The predicted octanol–water partition coefficient (Wildman–Crippen LogP) is 10.4. The average molecular weight is 609 g/mol. The van der Waals surface area contributed by atoms with Crippen LogP contribution < -0.4 is 0 Å². The minimum absolute atomic E-state index is 0.0417. The highest BCUT2D eigenvalue weighted by molar-refractivity contribution is 7.09. The molecule has 0 amide bonds. The van der Waals surface area contributed by atoms with E-state index in [-0.39, 0.29) is 17.2 Å². The summed E-state index contributed by atoms with van der Waals surface area (Å²) in [6, 6.07) is 0. The van der Waals surface area contributed by atoms with Crippen molar-refractivity contribution in [3.63, 3.8) is 0 Å². The fourth-order valence-electron chi connectivity index (χ4n) is 5.99. The van der Waals surface area contributed by atoms with Crippen LogP contribution >= 0.6 is 11.3 Å². The Morgan fingerprint density at radius 2 is 1.68 bits per heavy atom. The number of hydrogen-bond acceptors (Lipinski definition) is 6. The van der Waals surface area contributed by atoms with Crippen LogP contribution in [0.5, 0.6) is 0 Å². The molecule has 5 nitrogen and oxygen atoms in total. The van der Waals surface area contributed by atoms with Gasteiger partial charge in [-0.15, -0.1) is 11.3 Å². The Morgan fingerprint density at radius 1 is 1.07 bits per heavy atom. The monoisotopic (exact) mass is 608 g/mol. The zero-order valence-corrected chi connectivity index (χ0v) is 31.0. The molecule has 230 valence electrons. The SMILES string of the molecule is C/C(=C\c1csc(C)n1)C1=NO[C@@H]([C@@H](CCC[C@H](C)CO[Si](C(C)C)(C(C)C)C(C)C)O[Si](C)(C)C(C)(C)C)C1. The minimum atomic E-state index is -1.97. The van der Waals surface area contributed by atoms with E-state index in [1.54, 1.807) is 11.3 Å². The van der Waals surface area contributed by atoms with Crippen LogP contribution in [0.1, 0.15) is 113 Å². The maximum absolute atomic E-state index is 7.01. The molecular weight excluding hydrogens is 549 g/mol. The average Bonchev–Trinajstić information content (AvgIpc) is 3.46. The Balaban J connectivity index is 2.06. The predicted molar refractivity (Wildman–Crippen MR) is 180 cm³/mol. The second-order valence-electron chi connectivity index (χ2n) is 14.6. The molecule has 1 aromatic heterocycles. The van der Waals surface area contributed by atoms with Gasteiger partial charge in [-0.3, -0.25) is 0 Å². The third-order valence-electron chi connectivity index (χ3n) is 9.33. The summed E-state index contributed by atoms with van der Waals surface area (Å²) in [6.45, 7) is 33.2. The summed E-state index contributed by atoms with van der Waals surface area (Å²) in [6.07, 6.45) is 6.13. The van der Waals surface area contributed by atoms with Crippen LogP contribution in [0.15, 0.2) is 16.1 Å². The normalized spacial score (nSPS) is 19.0. The van der Waals surface area contributed by atoms with Crippen molar-refractivity contribution in [1.82, 2.24) is 4.98 Å². The van der Waals surface area contributed by atoms with Crippen LogP contribution in [0.4, 0.5) is 0 Å². The van der Waals surface area contributed by atoms with Crippen molar-refractivity contribution in [3.05, 3.63) is 21.7 Å². The lowest BCUT2D eigenvalue weighted by molar-refractivity contribution is -0.0154. The molecule has 1 aliphatic heterocycles. The minimum Gasteiger partial charge on any atom is -0.416 e. The molecule has 0 N–H and O–H groups in total. The van der Waals surface area contributed by atoms with E-state index in [1.807, 2.05) is 6.92 Å². The molecule has 1 aromatic rings. The standard InChI is InChI=1S/C32H60N2O3SSi2/c1-22(2)40(23(3)4,24(5)6)35-20-25(7)16-15-17-30(37-39(13,14)32(10,11)12)31-19-29(34-36-31)26(8)18-28-21-38-27(9)33-28/h18,21-25,30-31H,15-17,19-20H2,1-14H3/b26-18+/t25-,30+,31+/m0/s1. The largest absolute Gasteiger partial charge is 0.416 e. The Morgan fingerprint density at radius 3 is 2.17 bits per heavy atom. The number of hydrogen-bond donors (Lipinski definition) is 0. The van der Waals surface area contributed by atoms with E-state index in [9.17, 15) is 0 Å². The van der Waals surface area contributed by atoms with Gasteiger partial charge in [0.15, 0.2) is 22.7 Å². The Bertz CT molecular complexity index is 973. The van der Waals surface area contributed by atoms with Crippen molar-refractivity contribution in [2.24, 2.45) is 11.1 Å². The van der Waals surface area contributed by atoms with Crippen molar-refractivity contribution < 1.29 is 13.7 Å². The summed E-state index contributed by atoms with van der Waals surface area (Å²) >= 11 is 1.67. The van der Waals surface area contributed by atoms with Crippen LogP contribution in [0.3, 0.4) is 0 Å².